The van der Waals surface area contributed by atoms with Gasteiger partial charge in [0.05, 0.1) is 6.04 Å². The fourth-order valence-electron chi connectivity index (χ4n) is 1.57. The Morgan fingerprint density at radius 2 is 1.88 bits per heavy atom. The highest BCUT2D eigenvalue weighted by molar-refractivity contribution is 5.96. The lowest BCUT2D eigenvalue weighted by Gasteiger charge is -2.26. The second-order valence-electron chi connectivity index (χ2n) is 4.01. The highest BCUT2D eigenvalue weighted by Crippen LogP contribution is 2.02. The lowest BCUT2D eigenvalue weighted by molar-refractivity contribution is -0.124. The normalized spacial score (nSPS) is 12.3. The van der Waals surface area contributed by atoms with Crippen LogP contribution >= 0.6 is 0 Å². The molecule has 0 rings (SSSR count). The number of amides is 3. The van der Waals surface area contributed by atoms with Crippen LogP contribution in [0.25, 0.3) is 0 Å². The standard InChI is InChI=1S/C12H25N3O2/c1-5-8-9-15(7-3)10(4)11(16)14-12(17)13-6-2/h10H,5-9H2,1-4H3,(H2,13,14,16,17). The topological polar surface area (TPSA) is 61.4 Å². The molecule has 0 heterocycles. The van der Waals surface area contributed by atoms with Crippen LogP contribution in [-0.4, -0.2) is 42.5 Å². The summed E-state index contributed by atoms with van der Waals surface area (Å²) in [5.74, 6) is -0.242. The summed E-state index contributed by atoms with van der Waals surface area (Å²) in [6, 6.07) is -0.690. The first kappa shape index (κ1) is 15.9. The molecule has 2 N–H and O–H groups in total. The molecule has 1 unspecified atom stereocenters. The number of hydrogen-bond donors (Lipinski definition) is 2. The summed E-state index contributed by atoms with van der Waals surface area (Å²) in [6.07, 6.45) is 2.16. The molecule has 0 bridgehead atoms. The molecule has 0 saturated heterocycles. The molecular weight excluding hydrogens is 218 g/mol. The zero-order valence-corrected chi connectivity index (χ0v) is 11.4. The lowest BCUT2D eigenvalue weighted by Crippen LogP contribution is -2.49. The van der Waals surface area contributed by atoms with E-state index in [4.69, 9.17) is 0 Å². The largest absolute Gasteiger partial charge is 0.338 e. The van der Waals surface area contributed by atoms with Crippen molar-refractivity contribution in [2.24, 2.45) is 0 Å². The van der Waals surface area contributed by atoms with Crippen molar-refractivity contribution in [1.82, 2.24) is 15.5 Å². The van der Waals surface area contributed by atoms with Gasteiger partial charge in [-0.1, -0.05) is 20.3 Å². The van der Waals surface area contributed by atoms with Crippen molar-refractivity contribution >= 4 is 11.9 Å². The minimum Gasteiger partial charge on any atom is -0.338 e. The van der Waals surface area contributed by atoms with Crippen molar-refractivity contribution in [3.05, 3.63) is 0 Å². The molecule has 17 heavy (non-hydrogen) atoms. The number of carbonyl (C=O) groups excluding carboxylic acids is 2. The van der Waals surface area contributed by atoms with E-state index in [0.29, 0.717) is 6.54 Å². The van der Waals surface area contributed by atoms with Gasteiger partial charge in [0.25, 0.3) is 0 Å². The van der Waals surface area contributed by atoms with Gasteiger partial charge in [-0.05, 0) is 33.4 Å². The Kier molecular flexibility index (Phi) is 8.40. The Morgan fingerprint density at radius 1 is 1.24 bits per heavy atom. The predicted octanol–water partition coefficient (Wildman–Crippen LogP) is 1.34. The van der Waals surface area contributed by atoms with E-state index < -0.39 is 6.03 Å². The maximum atomic E-state index is 11.8. The van der Waals surface area contributed by atoms with Crippen LogP contribution in [0.3, 0.4) is 0 Å². The molecule has 0 aromatic rings. The number of urea groups is 1. The molecule has 3 amide bonds. The molecule has 0 fully saturated rings. The van der Waals surface area contributed by atoms with Crippen LogP contribution in [-0.2, 0) is 4.79 Å². The van der Waals surface area contributed by atoms with E-state index in [9.17, 15) is 9.59 Å². The van der Waals surface area contributed by atoms with Crippen LogP contribution < -0.4 is 10.6 Å². The van der Waals surface area contributed by atoms with Gasteiger partial charge in [0.15, 0.2) is 0 Å². The highest BCUT2D eigenvalue weighted by Gasteiger charge is 2.20. The molecule has 0 aromatic heterocycles. The molecule has 0 saturated carbocycles. The summed E-state index contributed by atoms with van der Waals surface area (Å²) in [6.45, 7) is 9.99. The second kappa shape index (κ2) is 8.98. The number of nitrogens with one attached hydrogen (secondary N) is 2. The Labute approximate surface area is 104 Å². The summed E-state index contributed by atoms with van der Waals surface area (Å²) >= 11 is 0. The Hall–Kier alpha value is -1.10. The van der Waals surface area contributed by atoms with Crippen molar-refractivity contribution in [1.29, 1.82) is 0 Å². The molecule has 0 spiro atoms. The van der Waals surface area contributed by atoms with Crippen molar-refractivity contribution in [2.75, 3.05) is 19.6 Å². The van der Waals surface area contributed by atoms with Crippen LogP contribution in [0.15, 0.2) is 0 Å². The van der Waals surface area contributed by atoms with Crippen LogP contribution in [0.2, 0.25) is 0 Å². The average Bonchev–Trinajstić information content (AvgIpc) is 2.29. The van der Waals surface area contributed by atoms with Gasteiger partial charge >= 0.3 is 6.03 Å². The van der Waals surface area contributed by atoms with Gasteiger partial charge in [0.2, 0.25) is 5.91 Å². The number of nitrogens with zero attached hydrogens (tertiary/aromatic N) is 1. The molecule has 0 aromatic carbocycles. The van der Waals surface area contributed by atoms with Gasteiger partial charge in [-0.2, -0.15) is 0 Å². The summed E-state index contributed by atoms with van der Waals surface area (Å²) in [4.78, 5) is 25.1. The average molecular weight is 243 g/mol. The van der Waals surface area contributed by atoms with E-state index >= 15 is 0 Å². The molecule has 5 heteroatoms. The minimum absolute atomic E-state index is 0.242. The number of hydrogen-bond acceptors (Lipinski definition) is 3. The van der Waals surface area contributed by atoms with Gasteiger partial charge in [0.1, 0.15) is 0 Å². The number of carbonyl (C=O) groups is 2. The smallest absolute Gasteiger partial charge is 0.321 e. The quantitative estimate of drug-likeness (QED) is 0.709. The van der Waals surface area contributed by atoms with Crippen LogP contribution in [0.1, 0.15) is 40.5 Å². The maximum absolute atomic E-state index is 11.8. The first-order valence-electron chi connectivity index (χ1n) is 6.39. The molecule has 0 radical (unpaired) electrons. The Balaban J connectivity index is 4.20. The van der Waals surface area contributed by atoms with E-state index in [0.717, 1.165) is 25.9 Å². The zero-order valence-electron chi connectivity index (χ0n) is 11.4. The number of likely N-dealkylation sites (N-methyl/N-ethyl adjacent to an activating group) is 1. The molecule has 0 aliphatic rings. The fourth-order valence-corrected chi connectivity index (χ4v) is 1.57. The molecule has 0 aliphatic heterocycles. The lowest BCUT2D eigenvalue weighted by atomic mass is 10.2. The van der Waals surface area contributed by atoms with Gasteiger partial charge in [-0.15, -0.1) is 0 Å². The van der Waals surface area contributed by atoms with Gasteiger partial charge in [-0.3, -0.25) is 15.0 Å². The molecule has 5 nitrogen and oxygen atoms in total. The summed E-state index contributed by atoms with van der Waals surface area (Å²) in [7, 11) is 0. The first-order valence-corrected chi connectivity index (χ1v) is 6.39. The third-order valence-corrected chi connectivity index (χ3v) is 2.71. The van der Waals surface area contributed by atoms with Crippen LogP contribution in [0.5, 0.6) is 0 Å². The summed E-state index contributed by atoms with van der Waals surface area (Å²) in [5.41, 5.74) is 0. The van der Waals surface area contributed by atoms with Gasteiger partial charge in [0, 0.05) is 6.54 Å². The van der Waals surface area contributed by atoms with Crippen molar-refractivity contribution in [2.45, 2.75) is 46.6 Å². The van der Waals surface area contributed by atoms with Crippen LogP contribution in [0, 0.1) is 0 Å². The summed E-state index contributed by atoms with van der Waals surface area (Å²) < 4.78 is 0. The number of unbranched alkanes of at least 4 members (excludes halogenated alkanes) is 1. The van der Waals surface area contributed by atoms with Gasteiger partial charge < -0.3 is 5.32 Å². The van der Waals surface area contributed by atoms with Crippen LogP contribution in [0.4, 0.5) is 4.79 Å². The van der Waals surface area contributed by atoms with E-state index in [-0.39, 0.29) is 11.9 Å². The maximum Gasteiger partial charge on any atom is 0.321 e. The Bertz CT molecular complexity index is 244. The second-order valence-corrected chi connectivity index (χ2v) is 4.01. The highest BCUT2D eigenvalue weighted by atomic mass is 16.2. The predicted molar refractivity (Wildman–Crippen MR) is 68.8 cm³/mol. The SMILES string of the molecule is CCCCN(CC)C(C)C(=O)NC(=O)NCC. The fraction of sp³-hybridized carbons (Fsp3) is 0.833. The molecule has 100 valence electrons. The van der Waals surface area contributed by atoms with E-state index in [1.165, 1.54) is 0 Å². The van der Waals surface area contributed by atoms with Crippen molar-refractivity contribution < 1.29 is 9.59 Å². The third-order valence-electron chi connectivity index (χ3n) is 2.71. The molecule has 1 atom stereocenters. The van der Waals surface area contributed by atoms with Crippen molar-refractivity contribution in [3.63, 3.8) is 0 Å². The zero-order chi connectivity index (χ0) is 13.3. The first-order chi connectivity index (χ1) is 8.06. The number of imide groups is 1. The van der Waals surface area contributed by atoms with E-state index in [1.54, 1.807) is 0 Å². The Morgan fingerprint density at radius 3 is 2.35 bits per heavy atom. The number of rotatable bonds is 7. The molecule has 0 aliphatic carbocycles. The van der Waals surface area contributed by atoms with Crippen molar-refractivity contribution in [3.8, 4) is 0 Å². The third kappa shape index (κ3) is 6.26. The van der Waals surface area contributed by atoms with E-state index in [2.05, 4.69) is 22.5 Å². The van der Waals surface area contributed by atoms with Gasteiger partial charge in [-0.25, -0.2) is 4.79 Å². The monoisotopic (exact) mass is 243 g/mol. The minimum atomic E-state index is -0.420. The molecular formula is C12H25N3O2. The summed E-state index contributed by atoms with van der Waals surface area (Å²) in [5, 5.41) is 4.88. The van der Waals surface area contributed by atoms with E-state index in [1.807, 2.05) is 20.8 Å².